The molecule has 0 amide bonds. The van der Waals surface area contributed by atoms with E-state index in [1.807, 2.05) is 4.72 Å². The molecule has 0 saturated carbocycles. The highest BCUT2D eigenvalue weighted by Crippen LogP contribution is 2.17. The fraction of sp³-hybridized carbons (Fsp3) is 0.200. The third-order valence-corrected chi connectivity index (χ3v) is 3.22. The number of anilines is 1. The molecule has 0 bridgehead atoms. The standard InChI is InChI=1S/C10H9FN2O4S/c11-8-5-7(6-12)1-2-9(8)13-18(16,17)4-3-10(14)15/h1-2,5,13H,3-4H2,(H,14,15). The highest BCUT2D eigenvalue weighted by Gasteiger charge is 2.15. The zero-order valence-corrected chi connectivity index (χ0v) is 9.87. The van der Waals surface area contributed by atoms with Gasteiger partial charge in [0.2, 0.25) is 10.0 Å². The van der Waals surface area contributed by atoms with Crippen LogP contribution >= 0.6 is 0 Å². The van der Waals surface area contributed by atoms with E-state index < -0.39 is 34.0 Å². The van der Waals surface area contributed by atoms with Crippen molar-refractivity contribution in [2.45, 2.75) is 6.42 Å². The summed E-state index contributed by atoms with van der Waals surface area (Å²) in [6, 6.07) is 4.94. The SMILES string of the molecule is N#Cc1ccc(NS(=O)(=O)CCC(=O)O)c(F)c1. The molecule has 0 atom stereocenters. The Morgan fingerprint density at radius 3 is 2.67 bits per heavy atom. The summed E-state index contributed by atoms with van der Waals surface area (Å²) in [4.78, 5) is 10.2. The van der Waals surface area contributed by atoms with Crippen molar-refractivity contribution in [3.05, 3.63) is 29.6 Å². The molecule has 6 nitrogen and oxygen atoms in total. The highest BCUT2D eigenvalue weighted by atomic mass is 32.2. The lowest BCUT2D eigenvalue weighted by atomic mass is 10.2. The normalized spacial score (nSPS) is 10.7. The van der Waals surface area contributed by atoms with E-state index in [1.54, 1.807) is 6.07 Å². The largest absolute Gasteiger partial charge is 0.481 e. The molecule has 0 spiro atoms. The summed E-state index contributed by atoms with van der Waals surface area (Å²) in [5, 5.41) is 16.9. The Morgan fingerprint density at radius 2 is 2.17 bits per heavy atom. The molecular weight excluding hydrogens is 263 g/mol. The van der Waals surface area contributed by atoms with Gasteiger partial charge in [-0.15, -0.1) is 0 Å². The van der Waals surface area contributed by atoms with E-state index >= 15 is 0 Å². The van der Waals surface area contributed by atoms with Crippen LogP contribution in [0.5, 0.6) is 0 Å². The van der Waals surface area contributed by atoms with E-state index in [0.717, 1.165) is 12.1 Å². The van der Waals surface area contributed by atoms with Gasteiger partial charge in [0.25, 0.3) is 0 Å². The van der Waals surface area contributed by atoms with Gasteiger partial charge in [0.05, 0.1) is 29.5 Å². The monoisotopic (exact) mass is 272 g/mol. The number of carbonyl (C=O) groups is 1. The average Bonchev–Trinajstić information content (AvgIpc) is 2.29. The molecule has 1 aromatic rings. The number of sulfonamides is 1. The summed E-state index contributed by atoms with van der Waals surface area (Å²) in [5.41, 5.74) is -0.264. The fourth-order valence-electron chi connectivity index (χ4n) is 1.11. The van der Waals surface area contributed by atoms with E-state index in [1.165, 1.54) is 6.07 Å². The van der Waals surface area contributed by atoms with Crippen LogP contribution < -0.4 is 4.72 Å². The number of halogens is 1. The fourth-order valence-corrected chi connectivity index (χ4v) is 2.15. The van der Waals surface area contributed by atoms with Crippen LogP contribution in [0.1, 0.15) is 12.0 Å². The van der Waals surface area contributed by atoms with Gasteiger partial charge in [-0.25, -0.2) is 12.8 Å². The summed E-state index contributed by atoms with van der Waals surface area (Å²) in [6.07, 6.45) is -0.576. The minimum absolute atomic E-state index is 0.0565. The van der Waals surface area contributed by atoms with Crippen LogP contribution in [0.4, 0.5) is 10.1 Å². The first-order chi connectivity index (χ1) is 8.34. The predicted octanol–water partition coefficient (Wildman–Crippen LogP) is 0.914. The number of nitrogens with zero attached hydrogens (tertiary/aromatic N) is 1. The van der Waals surface area contributed by atoms with Crippen LogP contribution in [-0.4, -0.2) is 25.2 Å². The van der Waals surface area contributed by atoms with Gasteiger partial charge in [0.15, 0.2) is 0 Å². The molecule has 0 saturated heterocycles. The Kier molecular flexibility index (Phi) is 4.23. The van der Waals surface area contributed by atoms with Crippen molar-refractivity contribution in [1.29, 1.82) is 5.26 Å². The van der Waals surface area contributed by atoms with Crippen molar-refractivity contribution >= 4 is 21.7 Å². The molecule has 0 aliphatic heterocycles. The van der Waals surface area contributed by atoms with Crippen LogP contribution in [-0.2, 0) is 14.8 Å². The van der Waals surface area contributed by atoms with Crippen molar-refractivity contribution in [2.75, 3.05) is 10.5 Å². The van der Waals surface area contributed by atoms with Crippen LogP contribution in [0, 0.1) is 17.1 Å². The Bertz CT molecular complexity index is 607. The van der Waals surface area contributed by atoms with Crippen LogP contribution in [0.2, 0.25) is 0 Å². The summed E-state index contributed by atoms with van der Waals surface area (Å²) in [6.45, 7) is 0. The van der Waals surface area contributed by atoms with Crippen molar-refractivity contribution < 1.29 is 22.7 Å². The van der Waals surface area contributed by atoms with Gasteiger partial charge < -0.3 is 5.11 Å². The number of benzene rings is 1. The van der Waals surface area contributed by atoms with Crippen molar-refractivity contribution in [3.63, 3.8) is 0 Å². The zero-order chi connectivity index (χ0) is 13.8. The molecule has 8 heteroatoms. The second-order valence-electron chi connectivity index (χ2n) is 3.37. The smallest absolute Gasteiger partial charge is 0.304 e. The summed E-state index contributed by atoms with van der Waals surface area (Å²) in [5.74, 6) is -2.81. The zero-order valence-electron chi connectivity index (χ0n) is 9.05. The Hall–Kier alpha value is -2.14. The number of nitrogens with one attached hydrogen (secondary N) is 1. The number of hydrogen-bond acceptors (Lipinski definition) is 4. The molecule has 0 unspecified atom stereocenters. The first-order valence-corrected chi connectivity index (χ1v) is 6.41. The molecule has 0 radical (unpaired) electrons. The summed E-state index contributed by atoms with van der Waals surface area (Å²) in [7, 11) is -3.93. The third-order valence-electron chi connectivity index (χ3n) is 1.95. The molecule has 1 rings (SSSR count). The van der Waals surface area contributed by atoms with E-state index in [4.69, 9.17) is 10.4 Å². The lowest BCUT2D eigenvalue weighted by Crippen LogP contribution is -2.19. The molecule has 0 aliphatic rings. The summed E-state index contributed by atoms with van der Waals surface area (Å²) >= 11 is 0. The van der Waals surface area contributed by atoms with Gasteiger partial charge in [0, 0.05) is 0 Å². The second kappa shape index (κ2) is 5.46. The maximum absolute atomic E-state index is 13.4. The lowest BCUT2D eigenvalue weighted by molar-refractivity contribution is -0.136. The van der Waals surface area contributed by atoms with Crippen LogP contribution in [0.15, 0.2) is 18.2 Å². The molecule has 96 valence electrons. The number of nitriles is 1. The average molecular weight is 272 g/mol. The van der Waals surface area contributed by atoms with Crippen LogP contribution in [0.3, 0.4) is 0 Å². The van der Waals surface area contributed by atoms with Crippen molar-refractivity contribution in [1.82, 2.24) is 0 Å². The van der Waals surface area contributed by atoms with Crippen LogP contribution in [0.25, 0.3) is 0 Å². The molecule has 18 heavy (non-hydrogen) atoms. The van der Waals surface area contributed by atoms with E-state index in [-0.39, 0.29) is 11.3 Å². The van der Waals surface area contributed by atoms with Gasteiger partial charge in [-0.1, -0.05) is 0 Å². The highest BCUT2D eigenvalue weighted by molar-refractivity contribution is 7.92. The molecule has 0 heterocycles. The number of carboxylic acid groups (broad SMARTS) is 1. The van der Waals surface area contributed by atoms with Gasteiger partial charge in [0.1, 0.15) is 5.82 Å². The van der Waals surface area contributed by atoms with E-state index in [9.17, 15) is 17.6 Å². The van der Waals surface area contributed by atoms with Crippen molar-refractivity contribution in [2.24, 2.45) is 0 Å². The number of carboxylic acids is 1. The topological polar surface area (TPSA) is 107 Å². The maximum Gasteiger partial charge on any atom is 0.304 e. The number of aliphatic carboxylic acids is 1. The quantitative estimate of drug-likeness (QED) is 0.828. The molecule has 0 aliphatic carbocycles. The Labute approximate surface area is 103 Å². The minimum Gasteiger partial charge on any atom is -0.481 e. The van der Waals surface area contributed by atoms with Gasteiger partial charge in [-0.2, -0.15) is 5.26 Å². The number of hydrogen-bond donors (Lipinski definition) is 2. The van der Waals surface area contributed by atoms with Gasteiger partial charge >= 0.3 is 5.97 Å². The second-order valence-corrected chi connectivity index (χ2v) is 5.21. The van der Waals surface area contributed by atoms with E-state index in [0.29, 0.717) is 0 Å². The molecule has 0 fully saturated rings. The Balaban J connectivity index is 2.85. The van der Waals surface area contributed by atoms with Gasteiger partial charge in [-0.05, 0) is 18.2 Å². The van der Waals surface area contributed by atoms with Crippen molar-refractivity contribution in [3.8, 4) is 6.07 Å². The first-order valence-electron chi connectivity index (χ1n) is 4.76. The minimum atomic E-state index is -3.93. The first kappa shape index (κ1) is 13.9. The third kappa shape index (κ3) is 4.03. The molecule has 2 N–H and O–H groups in total. The molecule has 1 aromatic carbocycles. The molecule has 0 aromatic heterocycles. The molecular formula is C10H9FN2O4S. The number of rotatable bonds is 5. The van der Waals surface area contributed by atoms with Gasteiger partial charge in [-0.3, -0.25) is 9.52 Å². The van der Waals surface area contributed by atoms with E-state index in [2.05, 4.69) is 0 Å². The lowest BCUT2D eigenvalue weighted by Gasteiger charge is -2.07. The summed E-state index contributed by atoms with van der Waals surface area (Å²) < 4.78 is 38.1. The Morgan fingerprint density at radius 1 is 1.50 bits per heavy atom. The maximum atomic E-state index is 13.4. The predicted molar refractivity (Wildman–Crippen MR) is 60.8 cm³/mol.